The van der Waals surface area contributed by atoms with E-state index in [1.807, 2.05) is 49.6 Å². The van der Waals surface area contributed by atoms with Crippen molar-refractivity contribution >= 4 is 32.7 Å². The van der Waals surface area contributed by atoms with Crippen molar-refractivity contribution in [2.75, 3.05) is 0 Å². The van der Waals surface area contributed by atoms with E-state index in [1.165, 1.54) is 37.7 Å². The molecule has 0 bridgehead atoms. The Morgan fingerprint density at radius 2 is 1.47 bits per heavy atom. The van der Waals surface area contributed by atoms with Gasteiger partial charge in [-0.25, -0.2) is 8.96 Å². The van der Waals surface area contributed by atoms with Crippen LogP contribution in [0, 0.1) is 12.7 Å². The van der Waals surface area contributed by atoms with Crippen LogP contribution in [0.2, 0.25) is 0 Å². The molecular weight excluding hydrogens is 469 g/mol. The van der Waals surface area contributed by atoms with Gasteiger partial charge in [0.05, 0.1) is 11.1 Å². The molecule has 0 radical (unpaired) electrons. The number of hydrogen-bond donors (Lipinski definition) is 0. The third kappa shape index (κ3) is 3.56. The molecule has 0 atom stereocenters. The van der Waals surface area contributed by atoms with Crippen molar-refractivity contribution in [3.05, 3.63) is 102 Å². The van der Waals surface area contributed by atoms with Gasteiger partial charge in [-0.3, -0.25) is 0 Å². The monoisotopic (exact) mass is 500 g/mol. The number of nitrogens with zero attached hydrogens (tertiary/aromatic N) is 1. The van der Waals surface area contributed by atoms with E-state index >= 15 is 4.39 Å². The second kappa shape index (κ2) is 9.09. The number of benzene rings is 4. The number of aryl methyl sites for hydroxylation is 2. The third-order valence-electron chi connectivity index (χ3n) is 8.53. The van der Waals surface area contributed by atoms with Gasteiger partial charge < -0.3 is 4.42 Å². The van der Waals surface area contributed by atoms with Crippen LogP contribution < -0.4 is 4.57 Å². The topological polar surface area (TPSA) is 17.0 Å². The molecule has 188 valence electrons. The summed E-state index contributed by atoms with van der Waals surface area (Å²) in [5.74, 6) is 0.392. The molecule has 7 rings (SSSR count). The fraction of sp³-hybridized carbons (Fsp3) is 0.229. The zero-order valence-electron chi connectivity index (χ0n) is 21.9. The molecule has 0 aliphatic heterocycles. The van der Waals surface area contributed by atoms with Gasteiger partial charge in [-0.2, -0.15) is 0 Å². The number of pyridine rings is 1. The van der Waals surface area contributed by atoms with Gasteiger partial charge in [-0.1, -0.05) is 79.9 Å². The molecule has 1 saturated carbocycles. The lowest BCUT2D eigenvalue weighted by Gasteiger charge is -2.22. The Morgan fingerprint density at radius 1 is 0.737 bits per heavy atom. The first-order chi connectivity index (χ1) is 18.6. The normalized spacial score (nSPS) is 14.6. The second-order valence-electron chi connectivity index (χ2n) is 10.8. The highest BCUT2D eigenvalue weighted by Crippen LogP contribution is 2.46. The summed E-state index contributed by atoms with van der Waals surface area (Å²) in [5.41, 5.74) is 7.44. The van der Waals surface area contributed by atoms with Crippen molar-refractivity contribution in [3.63, 3.8) is 0 Å². The molecule has 1 aliphatic carbocycles. The van der Waals surface area contributed by atoms with Gasteiger partial charge in [0.15, 0.2) is 6.20 Å². The Morgan fingerprint density at radius 3 is 2.24 bits per heavy atom. The molecule has 1 fully saturated rings. The van der Waals surface area contributed by atoms with Crippen molar-refractivity contribution in [1.29, 1.82) is 0 Å². The summed E-state index contributed by atoms with van der Waals surface area (Å²) in [4.78, 5) is 0. The summed E-state index contributed by atoms with van der Waals surface area (Å²) in [6.07, 6.45) is 8.47. The largest absolute Gasteiger partial charge is 0.454 e. The third-order valence-corrected chi connectivity index (χ3v) is 8.53. The highest BCUT2D eigenvalue weighted by atomic mass is 19.1. The fourth-order valence-electron chi connectivity index (χ4n) is 6.55. The van der Waals surface area contributed by atoms with Crippen LogP contribution in [0.3, 0.4) is 0 Å². The average Bonchev–Trinajstić information content (AvgIpc) is 3.34. The maximum Gasteiger partial charge on any atom is 0.216 e. The predicted octanol–water partition coefficient (Wildman–Crippen LogP) is 9.39. The van der Waals surface area contributed by atoms with Crippen LogP contribution in [0.4, 0.5) is 4.39 Å². The van der Waals surface area contributed by atoms with Gasteiger partial charge in [0.2, 0.25) is 5.69 Å². The zero-order valence-corrected chi connectivity index (χ0v) is 21.9. The van der Waals surface area contributed by atoms with E-state index < -0.39 is 0 Å². The predicted molar refractivity (Wildman–Crippen MR) is 154 cm³/mol. The SMILES string of the molecule is Cc1ccc2c(oc3c(-c4ccc(C5CCCCC5)cc4)c(F)c4ccccc4c32)c1-c1cccc[n+]1C. The summed E-state index contributed by atoms with van der Waals surface area (Å²) >= 11 is 0. The van der Waals surface area contributed by atoms with Crippen molar-refractivity contribution < 1.29 is 13.4 Å². The van der Waals surface area contributed by atoms with E-state index in [9.17, 15) is 0 Å². The Kier molecular flexibility index (Phi) is 5.54. The van der Waals surface area contributed by atoms with Crippen LogP contribution in [0.15, 0.2) is 89.5 Å². The Hall–Kier alpha value is -3.98. The maximum absolute atomic E-state index is 16.4. The van der Waals surface area contributed by atoms with E-state index in [0.29, 0.717) is 22.5 Å². The molecule has 0 spiro atoms. The summed E-state index contributed by atoms with van der Waals surface area (Å²) in [7, 11) is 2.05. The van der Waals surface area contributed by atoms with E-state index in [2.05, 4.69) is 54.0 Å². The average molecular weight is 501 g/mol. The van der Waals surface area contributed by atoms with Gasteiger partial charge in [0, 0.05) is 28.3 Å². The molecule has 2 nitrogen and oxygen atoms in total. The Balaban J connectivity index is 1.53. The zero-order chi connectivity index (χ0) is 25.8. The summed E-state index contributed by atoms with van der Waals surface area (Å²) in [6, 6.07) is 26.8. The lowest BCUT2D eigenvalue weighted by atomic mass is 9.83. The number of rotatable bonds is 3. The van der Waals surface area contributed by atoms with Crippen molar-refractivity contribution in [2.24, 2.45) is 7.05 Å². The standard InChI is InChI=1S/C35H31FNO/c1-22-15-20-28-32-26-12-6-7-13-27(26)33(36)31(25-18-16-24(17-19-25)23-10-4-3-5-11-23)35(32)38-34(28)30(22)29-14-8-9-21-37(29)2/h6-9,12-21,23H,3-5,10-11H2,1-2H3/q+1. The van der Waals surface area contributed by atoms with Crippen LogP contribution in [0.5, 0.6) is 0 Å². The number of fused-ring (bicyclic) bond motifs is 5. The number of aromatic nitrogens is 1. The minimum absolute atomic E-state index is 0.221. The molecular formula is C35H31FNO+. The molecule has 2 heterocycles. The van der Waals surface area contributed by atoms with Gasteiger partial charge in [-0.15, -0.1) is 0 Å². The number of furan rings is 1. The summed E-state index contributed by atoms with van der Waals surface area (Å²) in [6.45, 7) is 2.11. The van der Waals surface area contributed by atoms with Crippen LogP contribution in [0.1, 0.15) is 49.1 Å². The lowest BCUT2D eigenvalue weighted by Crippen LogP contribution is -2.30. The summed E-state index contributed by atoms with van der Waals surface area (Å²) < 4.78 is 25.2. The van der Waals surface area contributed by atoms with Gasteiger partial charge in [-0.05, 0) is 53.8 Å². The minimum atomic E-state index is -0.221. The smallest absolute Gasteiger partial charge is 0.216 e. The molecule has 6 aromatic rings. The highest BCUT2D eigenvalue weighted by Gasteiger charge is 2.26. The van der Waals surface area contributed by atoms with E-state index in [0.717, 1.165) is 44.1 Å². The van der Waals surface area contributed by atoms with Crippen LogP contribution in [0.25, 0.3) is 55.1 Å². The molecule has 0 N–H and O–H groups in total. The molecule has 0 unspecified atom stereocenters. The first-order valence-electron chi connectivity index (χ1n) is 13.7. The van der Waals surface area contributed by atoms with E-state index in [-0.39, 0.29) is 5.82 Å². The molecule has 0 amide bonds. The van der Waals surface area contributed by atoms with Gasteiger partial charge in [0.25, 0.3) is 0 Å². The molecule has 2 aromatic heterocycles. The molecule has 38 heavy (non-hydrogen) atoms. The van der Waals surface area contributed by atoms with E-state index in [4.69, 9.17) is 4.42 Å². The van der Waals surface area contributed by atoms with Crippen molar-refractivity contribution in [1.82, 2.24) is 0 Å². The maximum atomic E-state index is 16.4. The Bertz CT molecular complexity index is 1820. The van der Waals surface area contributed by atoms with Gasteiger partial charge >= 0.3 is 0 Å². The van der Waals surface area contributed by atoms with Crippen LogP contribution >= 0.6 is 0 Å². The van der Waals surface area contributed by atoms with Crippen molar-refractivity contribution in [2.45, 2.75) is 44.9 Å². The van der Waals surface area contributed by atoms with Gasteiger partial charge in [0.1, 0.15) is 24.0 Å². The first kappa shape index (κ1) is 23.2. The lowest BCUT2D eigenvalue weighted by molar-refractivity contribution is -0.660. The minimum Gasteiger partial charge on any atom is -0.454 e. The Labute approximate surface area is 222 Å². The van der Waals surface area contributed by atoms with Crippen molar-refractivity contribution in [3.8, 4) is 22.4 Å². The molecule has 0 saturated heterocycles. The van der Waals surface area contributed by atoms with E-state index in [1.54, 1.807) is 0 Å². The van der Waals surface area contributed by atoms with Crippen LogP contribution in [-0.4, -0.2) is 0 Å². The quantitative estimate of drug-likeness (QED) is 0.221. The second-order valence-corrected chi connectivity index (χ2v) is 10.8. The first-order valence-corrected chi connectivity index (χ1v) is 13.7. The fourth-order valence-corrected chi connectivity index (χ4v) is 6.55. The summed E-state index contributed by atoms with van der Waals surface area (Å²) in [5, 5.41) is 3.50. The molecule has 1 aliphatic rings. The number of hydrogen-bond acceptors (Lipinski definition) is 1. The molecule has 4 aromatic carbocycles. The molecule has 3 heteroatoms. The number of halogens is 1. The van der Waals surface area contributed by atoms with Crippen LogP contribution in [-0.2, 0) is 7.05 Å². The highest BCUT2D eigenvalue weighted by molar-refractivity contribution is 6.24.